The molecule has 0 amide bonds. The molecule has 188 valence electrons. The van der Waals surface area contributed by atoms with Gasteiger partial charge in [0.15, 0.2) is 18.9 Å². The Bertz CT molecular complexity index is 580. The molecule has 32 heavy (non-hydrogen) atoms. The highest BCUT2D eigenvalue weighted by Gasteiger charge is 2.46. The number of aliphatic hydroxyl groups excluding tert-OH is 9. The first-order chi connectivity index (χ1) is 15.2. The topological polar surface area (TPSA) is 228 Å². The Hall–Kier alpha value is -0.560. The predicted molar refractivity (Wildman–Crippen MR) is 98.5 cm³/mol. The Morgan fingerprint density at radius 2 is 1.28 bits per heavy atom. The fourth-order valence-electron chi connectivity index (χ4n) is 3.91. The zero-order valence-corrected chi connectivity index (χ0v) is 17.1. The smallest absolute Gasteiger partial charge is 0.186 e. The van der Waals surface area contributed by atoms with Crippen LogP contribution in [0.4, 0.5) is 0 Å². The zero-order chi connectivity index (χ0) is 23.6. The highest BCUT2D eigenvalue weighted by atomic mass is 16.7. The number of hydrogen-bond acceptors (Lipinski definition) is 14. The summed E-state index contributed by atoms with van der Waals surface area (Å²) in [6.07, 6.45) is -17.5. The molecule has 0 spiro atoms. The highest BCUT2D eigenvalue weighted by Crippen LogP contribution is 2.29. The molecule has 0 aromatic heterocycles. The van der Waals surface area contributed by atoms with Crippen LogP contribution in [0.25, 0.3) is 0 Å². The maximum absolute atomic E-state index is 10.6. The number of hydrogen-bond donors (Lipinski definition) is 9. The molecule has 0 bridgehead atoms. The lowest BCUT2D eigenvalue weighted by molar-refractivity contribution is -0.333. The molecule has 3 saturated heterocycles. The van der Waals surface area contributed by atoms with Crippen molar-refractivity contribution in [2.45, 2.75) is 92.8 Å². The SMILES string of the molecule is OC[C@H]1O[C@H](OC[C@H]2O[C@H](O)C[C@@H](O[C@H]3O[C@H](CO)[C@@H](O)C[C@@H]3O)[C@@H]2O)[C@@H](O)[C@@H](O)[C@@H]1O. The fourth-order valence-corrected chi connectivity index (χ4v) is 3.91. The number of rotatable bonds is 7. The van der Waals surface area contributed by atoms with Gasteiger partial charge in [0.05, 0.1) is 32.0 Å². The second kappa shape index (κ2) is 11.2. The lowest BCUT2D eigenvalue weighted by Gasteiger charge is -2.43. The van der Waals surface area contributed by atoms with Crippen LogP contribution in [0.1, 0.15) is 12.8 Å². The van der Waals surface area contributed by atoms with Crippen molar-refractivity contribution >= 4 is 0 Å². The summed E-state index contributed by atoms with van der Waals surface area (Å²) in [5.74, 6) is 0. The fraction of sp³-hybridized carbons (Fsp3) is 1.00. The van der Waals surface area contributed by atoms with E-state index >= 15 is 0 Å². The molecular formula is C18H32O14. The molecule has 0 aromatic carbocycles. The van der Waals surface area contributed by atoms with E-state index in [1.165, 1.54) is 0 Å². The summed E-state index contributed by atoms with van der Waals surface area (Å²) >= 11 is 0. The monoisotopic (exact) mass is 472 g/mol. The van der Waals surface area contributed by atoms with Crippen LogP contribution in [0.3, 0.4) is 0 Å². The summed E-state index contributed by atoms with van der Waals surface area (Å²) in [5.41, 5.74) is 0. The second-order valence-corrected chi connectivity index (χ2v) is 8.16. The third kappa shape index (κ3) is 5.73. The minimum atomic E-state index is -1.65. The van der Waals surface area contributed by atoms with Crippen molar-refractivity contribution in [3.8, 4) is 0 Å². The van der Waals surface area contributed by atoms with Gasteiger partial charge in [0.25, 0.3) is 0 Å². The lowest BCUT2D eigenvalue weighted by Crippen LogP contribution is -2.60. The Kier molecular flexibility index (Phi) is 9.15. The largest absolute Gasteiger partial charge is 0.394 e. The molecule has 0 aliphatic carbocycles. The Morgan fingerprint density at radius 1 is 0.625 bits per heavy atom. The minimum absolute atomic E-state index is 0.124. The molecule has 3 heterocycles. The Labute approximate surface area is 183 Å². The first-order valence-corrected chi connectivity index (χ1v) is 10.4. The number of ether oxygens (including phenoxy) is 5. The highest BCUT2D eigenvalue weighted by molar-refractivity contribution is 4.90. The maximum atomic E-state index is 10.6. The van der Waals surface area contributed by atoms with Crippen molar-refractivity contribution in [1.82, 2.24) is 0 Å². The molecule has 3 aliphatic heterocycles. The quantitative estimate of drug-likeness (QED) is 0.168. The standard InChI is InChI=1S/C18H32O14/c19-3-9-6(21)1-7(22)17(31-9)30-8-2-12(23)29-11(13(8)24)5-28-18-16(27)15(26)14(25)10(4-20)32-18/h6-27H,1-5H2/t6-,7-,8+,9+,10+,11+,12-,13-,14+,15-,16-,17-,18-/m0/s1. The zero-order valence-electron chi connectivity index (χ0n) is 17.1. The van der Waals surface area contributed by atoms with Gasteiger partial charge in [-0.15, -0.1) is 0 Å². The van der Waals surface area contributed by atoms with Crippen LogP contribution < -0.4 is 0 Å². The van der Waals surface area contributed by atoms with Gasteiger partial charge in [-0.2, -0.15) is 0 Å². The van der Waals surface area contributed by atoms with E-state index in [1.54, 1.807) is 0 Å². The van der Waals surface area contributed by atoms with Crippen LogP contribution in [0, 0.1) is 0 Å². The van der Waals surface area contributed by atoms with E-state index in [2.05, 4.69) is 0 Å². The molecule has 9 N–H and O–H groups in total. The molecule has 0 saturated carbocycles. The summed E-state index contributed by atoms with van der Waals surface area (Å²) in [5, 5.41) is 88.7. The molecule has 0 unspecified atom stereocenters. The summed E-state index contributed by atoms with van der Waals surface area (Å²) in [6.45, 7) is -1.59. The van der Waals surface area contributed by atoms with Gasteiger partial charge < -0.3 is 69.6 Å². The van der Waals surface area contributed by atoms with Gasteiger partial charge in [0.1, 0.15) is 48.8 Å². The number of aliphatic hydroxyl groups is 9. The van der Waals surface area contributed by atoms with Crippen LogP contribution in [0.15, 0.2) is 0 Å². The Balaban J connectivity index is 1.58. The molecule has 3 fully saturated rings. The third-order valence-electron chi connectivity index (χ3n) is 5.82. The second-order valence-electron chi connectivity index (χ2n) is 8.16. The van der Waals surface area contributed by atoms with Crippen molar-refractivity contribution in [2.24, 2.45) is 0 Å². The summed E-state index contributed by atoms with van der Waals surface area (Å²) < 4.78 is 26.7. The van der Waals surface area contributed by atoms with Crippen LogP contribution in [-0.2, 0) is 23.7 Å². The van der Waals surface area contributed by atoms with E-state index < -0.39 is 99.7 Å². The molecule has 13 atom stereocenters. The maximum Gasteiger partial charge on any atom is 0.186 e. The molecule has 0 radical (unpaired) electrons. The van der Waals surface area contributed by atoms with Crippen molar-refractivity contribution in [3.63, 3.8) is 0 Å². The molecule has 3 aliphatic rings. The van der Waals surface area contributed by atoms with Crippen LogP contribution >= 0.6 is 0 Å². The first-order valence-electron chi connectivity index (χ1n) is 10.4. The van der Waals surface area contributed by atoms with Crippen molar-refractivity contribution < 1.29 is 69.6 Å². The summed E-state index contributed by atoms with van der Waals surface area (Å²) in [7, 11) is 0. The van der Waals surface area contributed by atoms with Gasteiger partial charge in [0, 0.05) is 12.8 Å². The van der Waals surface area contributed by atoms with E-state index in [1.807, 2.05) is 0 Å². The molecular weight excluding hydrogens is 440 g/mol. The Morgan fingerprint density at radius 3 is 1.94 bits per heavy atom. The molecule has 14 heteroatoms. The van der Waals surface area contributed by atoms with Crippen LogP contribution in [0.5, 0.6) is 0 Å². The van der Waals surface area contributed by atoms with Gasteiger partial charge in [-0.3, -0.25) is 0 Å². The van der Waals surface area contributed by atoms with E-state index in [0.29, 0.717) is 0 Å². The minimum Gasteiger partial charge on any atom is -0.394 e. The van der Waals surface area contributed by atoms with Crippen LogP contribution in [0.2, 0.25) is 0 Å². The van der Waals surface area contributed by atoms with Gasteiger partial charge in [-0.25, -0.2) is 0 Å². The third-order valence-corrected chi connectivity index (χ3v) is 5.82. The van der Waals surface area contributed by atoms with E-state index in [0.717, 1.165) is 0 Å². The molecule has 14 nitrogen and oxygen atoms in total. The van der Waals surface area contributed by atoms with Crippen molar-refractivity contribution in [3.05, 3.63) is 0 Å². The average Bonchev–Trinajstić information content (AvgIpc) is 2.76. The first kappa shape index (κ1) is 26.1. The molecule has 0 aromatic rings. The average molecular weight is 472 g/mol. The van der Waals surface area contributed by atoms with Crippen molar-refractivity contribution in [1.29, 1.82) is 0 Å². The summed E-state index contributed by atoms with van der Waals surface area (Å²) in [4.78, 5) is 0. The van der Waals surface area contributed by atoms with Gasteiger partial charge >= 0.3 is 0 Å². The lowest BCUT2D eigenvalue weighted by atomic mass is 9.99. The van der Waals surface area contributed by atoms with Crippen LogP contribution in [-0.4, -0.2) is 146 Å². The van der Waals surface area contributed by atoms with Crippen molar-refractivity contribution in [2.75, 3.05) is 19.8 Å². The predicted octanol–water partition coefficient (Wildman–Crippen LogP) is -5.51. The van der Waals surface area contributed by atoms with E-state index in [4.69, 9.17) is 23.7 Å². The van der Waals surface area contributed by atoms with Gasteiger partial charge in [0.2, 0.25) is 0 Å². The summed E-state index contributed by atoms with van der Waals surface area (Å²) in [6, 6.07) is 0. The van der Waals surface area contributed by atoms with Gasteiger partial charge in [-0.05, 0) is 0 Å². The normalized spacial score (nSPS) is 50.3. The van der Waals surface area contributed by atoms with E-state index in [-0.39, 0.29) is 12.8 Å². The van der Waals surface area contributed by atoms with E-state index in [9.17, 15) is 46.0 Å². The molecule has 3 rings (SSSR count). The van der Waals surface area contributed by atoms with Gasteiger partial charge in [-0.1, -0.05) is 0 Å².